The molecule has 0 saturated carbocycles. The predicted molar refractivity (Wildman–Crippen MR) is 83.6 cm³/mol. The Hall–Kier alpha value is -2.59. The van der Waals surface area contributed by atoms with Crippen LogP contribution in [0.1, 0.15) is 18.2 Å². The van der Waals surface area contributed by atoms with E-state index in [9.17, 15) is 4.79 Å². The van der Waals surface area contributed by atoms with Crippen LogP contribution in [0.5, 0.6) is 0 Å². The Labute approximate surface area is 126 Å². The topological polar surface area (TPSA) is 104 Å². The van der Waals surface area contributed by atoms with Gasteiger partial charge in [0, 0.05) is 5.69 Å². The van der Waals surface area contributed by atoms with Crippen LogP contribution >= 0.6 is 11.5 Å². The van der Waals surface area contributed by atoms with Crippen molar-refractivity contribution < 1.29 is 4.79 Å². The highest BCUT2D eigenvalue weighted by Crippen LogP contribution is 2.27. The third-order valence-corrected chi connectivity index (χ3v) is 3.63. The number of aryl methyl sites for hydroxylation is 1. The first-order valence-corrected chi connectivity index (χ1v) is 7.07. The van der Waals surface area contributed by atoms with Crippen molar-refractivity contribution in [3.05, 3.63) is 35.5 Å². The number of benzene rings is 1. The molecule has 0 saturated heterocycles. The van der Waals surface area contributed by atoms with Crippen molar-refractivity contribution in [2.75, 3.05) is 10.6 Å². The van der Waals surface area contributed by atoms with Crippen LogP contribution in [-0.2, 0) is 4.79 Å². The average Bonchev–Trinajstić information content (AvgIpc) is 2.84. The number of rotatable bonds is 5. The van der Waals surface area contributed by atoms with E-state index in [4.69, 9.17) is 11.0 Å². The quantitative estimate of drug-likeness (QED) is 0.786. The number of aromatic nitrogens is 1. The number of nitriles is 1. The molecule has 0 aliphatic rings. The van der Waals surface area contributed by atoms with Crippen molar-refractivity contribution in [2.45, 2.75) is 19.9 Å². The average molecular weight is 301 g/mol. The van der Waals surface area contributed by atoms with E-state index in [1.165, 1.54) is 11.5 Å². The van der Waals surface area contributed by atoms with Gasteiger partial charge in [0.05, 0.1) is 16.9 Å². The van der Waals surface area contributed by atoms with Crippen LogP contribution in [0.15, 0.2) is 24.3 Å². The van der Waals surface area contributed by atoms with Gasteiger partial charge in [0.15, 0.2) is 0 Å². The number of carbonyl (C=O) groups is 1. The number of primary amides is 1. The maximum absolute atomic E-state index is 11.1. The monoisotopic (exact) mass is 301 g/mol. The molecule has 0 aliphatic carbocycles. The van der Waals surface area contributed by atoms with Gasteiger partial charge in [-0.3, -0.25) is 4.79 Å². The Kier molecular flexibility index (Phi) is 4.40. The molecule has 6 nitrogen and oxygen atoms in total. The second-order valence-electron chi connectivity index (χ2n) is 4.60. The lowest BCUT2D eigenvalue weighted by molar-refractivity contribution is -0.118. The van der Waals surface area contributed by atoms with Gasteiger partial charge in [-0.2, -0.15) is 9.64 Å². The second-order valence-corrected chi connectivity index (χ2v) is 5.40. The Morgan fingerprint density at radius 2 is 2.24 bits per heavy atom. The largest absolute Gasteiger partial charge is 0.374 e. The molecule has 1 aromatic carbocycles. The number of hydrogen-bond acceptors (Lipinski definition) is 6. The van der Waals surface area contributed by atoms with Gasteiger partial charge < -0.3 is 16.4 Å². The lowest BCUT2D eigenvalue weighted by atomic mass is 10.1. The van der Waals surface area contributed by atoms with Gasteiger partial charge in [0.2, 0.25) is 5.91 Å². The van der Waals surface area contributed by atoms with Crippen LogP contribution in [0.4, 0.5) is 16.4 Å². The highest BCUT2D eigenvalue weighted by molar-refractivity contribution is 7.10. The molecule has 0 bridgehead atoms. The Balaban J connectivity index is 2.26. The van der Waals surface area contributed by atoms with Crippen LogP contribution in [0.3, 0.4) is 0 Å². The molecule has 1 heterocycles. The van der Waals surface area contributed by atoms with Crippen molar-refractivity contribution in [3.63, 3.8) is 0 Å². The highest BCUT2D eigenvalue weighted by atomic mass is 32.1. The summed E-state index contributed by atoms with van der Waals surface area (Å²) in [6.07, 6.45) is 0. The molecule has 2 rings (SSSR count). The van der Waals surface area contributed by atoms with Gasteiger partial charge in [-0.1, -0.05) is 0 Å². The molecule has 4 N–H and O–H groups in total. The zero-order chi connectivity index (χ0) is 15.4. The van der Waals surface area contributed by atoms with E-state index in [0.717, 1.165) is 10.7 Å². The van der Waals surface area contributed by atoms with E-state index in [1.807, 2.05) is 13.0 Å². The minimum atomic E-state index is -0.489. The van der Waals surface area contributed by atoms with Gasteiger partial charge in [0.25, 0.3) is 0 Å². The molecular formula is C14H15N5OS. The maximum atomic E-state index is 11.1. The van der Waals surface area contributed by atoms with E-state index in [0.29, 0.717) is 16.9 Å². The minimum absolute atomic E-state index is 0.438. The van der Waals surface area contributed by atoms with Gasteiger partial charge in [-0.05, 0) is 49.6 Å². The summed E-state index contributed by atoms with van der Waals surface area (Å²) in [5.41, 5.74) is 8.02. The second kappa shape index (κ2) is 6.24. The van der Waals surface area contributed by atoms with Gasteiger partial charge >= 0.3 is 0 Å². The summed E-state index contributed by atoms with van der Waals surface area (Å²) in [5.74, 6) is -0.438. The summed E-state index contributed by atoms with van der Waals surface area (Å²) in [4.78, 5) is 11.1. The molecule has 1 atom stereocenters. The number of nitrogens with two attached hydrogens (primary N) is 1. The Morgan fingerprint density at radius 1 is 1.48 bits per heavy atom. The molecule has 21 heavy (non-hydrogen) atoms. The van der Waals surface area contributed by atoms with Crippen molar-refractivity contribution >= 4 is 33.8 Å². The molecule has 108 valence electrons. The molecule has 7 heteroatoms. The number of carbonyl (C=O) groups excluding carboxylic acids is 1. The summed E-state index contributed by atoms with van der Waals surface area (Å²) >= 11 is 1.32. The molecule has 0 radical (unpaired) electrons. The van der Waals surface area contributed by atoms with Crippen molar-refractivity contribution in [3.8, 4) is 6.07 Å². The van der Waals surface area contributed by atoms with Crippen LogP contribution in [0, 0.1) is 18.3 Å². The Morgan fingerprint density at radius 3 is 2.81 bits per heavy atom. The highest BCUT2D eigenvalue weighted by Gasteiger charge is 2.10. The fourth-order valence-corrected chi connectivity index (χ4v) is 2.39. The SMILES string of the molecule is Cc1cc(Nc2cc(NC(C)C(N)=O)ccc2C#N)sn1. The third kappa shape index (κ3) is 3.70. The number of hydrogen-bond donors (Lipinski definition) is 3. The van der Waals surface area contributed by atoms with Crippen LogP contribution in [0.2, 0.25) is 0 Å². The number of nitrogens with zero attached hydrogens (tertiary/aromatic N) is 2. The number of anilines is 3. The third-order valence-electron chi connectivity index (χ3n) is 2.84. The van der Waals surface area contributed by atoms with Gasteiger partial charge in [-0.25, -0.2) is 0 Å². The van der Waals surface area contributed by atoms with Crippen LogP contribution in [0.25, 0.3) is 0 Å². The zero-order valence-corrected chi connectivity index (χ0v) is 12.5. The molecule has 0 spiro atoms. The fraction of sp³-hybridized carbons (Fsp3) is 0.214. The van der Waals surface area contributed by atoms with Crippen molar-refractivity contribution in [1.82, 2.24) is 4.37 Å². The molecule has 1 aromatic heterocycles. The van der Waals surface area contributed by atoms with Crippen LogP contribution < -0.4 is 16.4 Å². The summed E-state index contributed by atoms with van der Waals surface area (Å²) in [7, 11) is 0. The van der Waals surface area contributed by atoms with E-state index >= 15 is 0 Å². The lowest BCUT2D eigenvalue weighted by Gasteiger charge is -2.14. The van der Waals surface area contributed by atoms with Crippen molar-refractivity contribution in [2.24, 2.45) is 5.73 Å². The summed E-state index contributed by atoms with van der Waals surface area (Å²) in [5, 5.41) is 16.2. The molecule has 1 amide bonds. The summed E-state index contributed by atoms with van der Waals surface area (Å²) in [6.45, 7) is 3.58. The molecular weight excluding hydrogens is 286 g/mol. The van der Waals surface area contributed by atoms with Gasteiger partial charge in [0.1, 0.15) is 17.1 Å². The first-order valence-electron chi connectivity index (χ1n) is 6.30. The number of nitrogens with one attached hydrogen (secondary N) is 2. The fourth-order valence-electron chi connectivity index (χ4n) is 1.71. The standard InChI is InChI=1S/C14H15N5OS/c1-8-5-13(21-19-8)18-12-6-11(4-3-10(12)7-15)17-9(2)14(16)20/h3-6,9,17-18H,1-2H3,(H2,16,20). The normalized spacial score (nSPS) is 11.5. The zero-order valence-electron chi connectivity index (χ0n) is 11.7. The predicted octanol–water partition coefficient (Wildman–Crippen LogP) is 2.35. The minimum Gasteiger partial charge on any atom is -0.374 e. The first kappa shape index (κ1) is 14.8. The van der Waals surface area contributed by atoms with E-state index in [2.05, 4.69) is 21.1 Å². The summed E-state index contributed by atoms with van der Waals surface area (Å²) in [6, 6.07) is 8.73. The number of amides is 1. The smallest absolute Gasteiger partial charge is 0.239 e. The van der Waals surface area contributed by atoms with E-state index < -0.39 is 11.9 Å². The lowest BCUT2D eigenvalue weighted by Crippen LogP contribution is -2.32. The first-order chi connectivity index (χ1) is 9.99. The molecule has 0 aliphatic heterocycles. The molecule has 0 fully saturated rings. The molecule has 2 aromatic rings. The Bertz CT molecular complexity index is 704. The van der Waals surface area contributed by atoms with Crippen LogP contribution in [-0.4, -0.2) is 16.3 Å². The van der Waals surface area contributed by atoms with Gasteiger partial charge in [-0.15, -0.1) is 0 Å². The molecule has 1 unspecified atom stereocenters. The van der Waals surface area contributed by atoms with E-state index in [1.54, 1.807) is 25.1 Å². The maximum Gasteiger partial charge on any atom is 0.239 e. The van der Waals surface area contributed by atoms with E-state index in [-0.39, 0.29) is 0 Å². The summed E-state index contributed by atoms with van der Waals surface area (Å²) < 4.78 is 4.18. The van der Waals surface area contributed by atoms with Crippen molar-refractivity contribution in [1.29, 1.82) is 5.26 Å².